The van der Waals surface area contributed by atoms with Gasteiger partial charge in [0, 0.05) is 11.5 Å². The Hall–Kier alpha value is -3.98. The largest absolute Gasteiger partial charge is 0.458 e. The van der Waals surface area contributed by atoms with Crippen LogP contribution in [0.5, 0.6) is 0 Å². The van der Waals surface area contributed by atoms with E-state index in [9.17, 15) is 26.3 Å². The summed E-state index contributed by atoms with van der Waals surface area (Å²) >= 11 is 0. The Bertz CT molecular complexity index is 1450. The summed E-state index contributed by atoms with van der Waals surface area (Å²) < 4.78 is 80.3. The van der Waals surface area contributed by atoms with Gasteiger partial charge in [-0.15, -0.1) is 0 Å². The fourth-order valence-electron chi connectivity index (χ4n) is 4.22. The monoisotopic (exact) mass is 522 g/mol. The van der Waals surface area contributed by atoms with Gasteiger partial charge in [-0.2, -0.15) is 13.2 Å². The molecule has 0 unspecified atom stereocenters. The fourth-order valence-corrected chi connectivity index (χ4v) is 4.22. The number of benzene rings is 4. The van der Waals surface area contributed by atoms with Crippen LogP contribution in [0, 0.1) is 29.3 Å². The minimum absolute atomic E-state index is 0.0801. The molecule has 0 amide bonds. The third-order valence-electron chi connectivity index (χ3n) is 6.20. The maximum absolute atomic E-state index is 14.9. The van der Waals surface area contributed by atoms with Crippen LogP contribution in [0.1, 0.15) is 35.6 Å². The van der Waals surface area contributed by atoms with Crippen molar-refractivity contribution in [1.29, 1.82) is 0 Å². The summed E-state index contributed by atoms with van der Waals surface area (Å²) in [5.41, 5.74) is 3.86. The number of halogens is 6. The molecule has 6 heteroatoms. The van der Waals surface area contributed by atoms with Crippen molar-refractivity contribution < 1.29 is 26.3 Å². The maximum Gasteiger partial charge on any atom is 0.458 e. The molecule has 0 aliphatic rings. The number of hydrogen-bond donors (Lipinski definition) is 0. The minimum atomic E-state index is -4.89. The lowest BCUT2D eigenvalue weighted by Gasteiger charge is -2.09. The zero-order valence-electron chi connectivity index (χ0n) is 20.6. The van der Waals surface area contributed by atoms with Gasteiger partial charge in [-0.1, -0.05) is 79.9 Å². The van der Waals surface area contributed by atoms with Gasteiger partial charge in [0.05, 0.1) is 5.56 Å². The molecule has 0 aromatic heterocycles. The highest BCUT2D eigenvalue weighted by atomic mass is 19.4. The summed E-state index contributed by atoms with van der Waals surface area (Å²) in [5, 5.41) is 0. The maximum atomic E-state index is 14.9. The highest BCUT2D eigenvalue weighted by molar-refractivity contribution is 5.72. The molecule has 4 aromatic carbocycles. The molecule has 0 bridgehead atoms. The normalized spacial score (nSPS) is 11.2. The fraction of sp³-hybridized carbons (Fsp3) is 0.188. The summed E-state index contributed by atoms with van der Waals surface area (Å²) in [6, 6.07) is 22.2. The molecule has 0 nitrogen and oxygen atoms in total. The summed E-state index contributed by atoms with van der Waals surface area (Å²) in [6.45, 7) is 2.16. The Morgan fingerprint density at radius 3 is 1.55 bits per heavy atom. The van der Waals surface area contributed by atoms with Crippen LogP contribution in [-0.4, -0.2) is 6.18 Å². The first kappa shape index (κ1) is 27.1. The van der Waals surface area contributed by atoms with Crippen LogP contribution in [0.2, 0.25) is 0 Å². The third-order valence-corrected chi connectivity index (χ3v) is 6.20. The van der Waals surface area contributed by atoms with Gasteiger partial charge in [0.15, 0.2) is 0 Å². The van der Waals surface area contributed by atoms with Crippen LogP contribution in [0.25, 0.3) is 22.3 Å². The Labute approximate surface area is 218 Å². The molecule has 0 fully saturated rings. The van der Waals surface area contributed by atoms with Crippen LogP contribution in [0.4, 0.5) is 26.3 Å². The number of aryl methyl sites for hydroxylation is 3. The van der Waals surface area contributed by atoms with E-state index in [-0.39, 0.29) is 11.1 Å². The van der Waals surface area contributed by atoms with Crippen molar-refractivity contribution in [3.63, 3.8) is 0 Å². The molecule has 38 heavy (non-hydrogen) atoms. The molecular weight excluding hydrogens is 498 g/mol. The Kier molecular flexibility index (Phi) is 8.26. The number of rotatable bonds is 7. The number of alkyl halides is 3. The molecule has 4 rings (SSSR count). The van der Waals surface area contributed by atoms with Gasteiger partial charge in [-0.3, -0.25) is 0 Å². The second-order valence-electron chi connectivity index (χ2n) is 9.02. The van der Waals surface area contributed by atoms with E-state index in [1.54, 1.807) is 6.07 Å². The van der Waals surface area contributed by atoms with Gasteiger partial charge >= 0.3 is 6.18 Å². The minimum Gasteiger partial charge on any atom is -0.206 e. The molecule has 194 valence electrons. The van der Waals surface area contributed by atoms with Gasteiger partial charge in [-0.05, 0) is 70.8 Å². The molecule has 0 atom stereocenters. The molecule has 0 saturated heterocycles. The SMILES string of the molecule is CCCc1ccc(CCc2ccc(-c3ccc(-c4cc(F)c(C#CC(F)(F)F)c(F)c4)c(F)c3)cc2)cc1. The van der Waals surface area contributed by atoms with E-state index in [0.29, 0.717) is 5.56 Å². The lowest BCUT2D eigenvalue weighted by molar-refractivity contribution is -0.0696. The van der Waals surface area contributed by atoms with Crippen molar-refractivity contribution in [2.75, 3.05) is 0 Å². The smallest absolute Gasteiger partial charge is 0.206 e. The van der Waals surface area contributed by atoms with Crippen molar-refractivity contribution in [2.45, 2.75) is 38.8 Å². The quantitative estimate of drug-likeness (QED) is 0.168. The first-order chi connectivity index (χ1) is 18.1. The first-order valence-electron chi connectivity index (χ1n) is 12.2. The zero-order valence-corrected chi connectivity index (χ0v) is 20.6. The number of hydrogen-bond acceptors (Lipinski definition) is 0. The van der Waals surface area contributed by atoms with E-state index in [0.717, 1.165) is 54.9 Å². The van der Waals surface area contributed by atoms with E-state index in [1.807, 2.05) is 24.3 Å². The molecule has 0 radical (unpaired) electrons. The predicted octanol–water partition coefficient (Wildman–Crippen LogP) is 9.09. The molecule has 0 aliphatic heterocycles. The lowest BCUT2D eigenvalue weighted by atomic mass is 9.97. The summed E-state index contributed by atoms with van der Waals surface area (Å²) in [6.07, 6.45) is -0.932. The first-order valence-corrected chi connectivity index (χ1v) is 12.2. The molecular formula is C32H24F6. The van der Waals surface area contributed by atoms with E-state index >= 15 is 0 Å². The van der Waals surface area contributed by atoms with E-state index in [2.05, 4.69) is 31.2 Å². The Balaban J connectivity index is 1.47. The van der Waals surface area contributed by atoms with Gasteiger partial charge in [0.2, 0.25) is 0 Å². The highest BCUT2D eigenvalue weighted by Crippen LogP contribution is 2.30. The molecule has 0 heterocycles. The van der Waals surface area contributed by atoms with Crippen LogP contribution >= 0.6 is 0 Å². The predicted molar refractivity (Wildman–Crippen MR) is 138 cm³/mol. The molecule has 0 aliphatic carbocycles. The van der Waals surface area contributed by atoms with Gasteiger partial charge in [0.25, 0.3) is 0 Å². The van der Waals surface area contributed by atoms with Crippen LogP contribution in [0.3, 0.4) is 0 Å². The third kappa shape index (κ3) is 6.86. The van der Waals surface area contributed by atoms with E-state index in [1.165, 1.54) is 29.2 Å². The lowest BCUT2D eigenvalue weighted by Crippen LogP contribution is -2.02. The van der Waals surface area contributed by atoms with Crippen LogP contribution < -0.4 is 0 Å². The van der Waals surface area contributed by atoms with Gasteiger partial charge < -0.3 is 0 Å². The average Bonchev–Trinajstić information content (AvgIpc) is 2.87. The summed E-state index contributed by atoms with van der Waals surface area (Å²) in [5.74, 6) is -1.02. The molecule has 0 saturated carbocycles. The molecule has 0 spiro atoms. The van der Waals surface area contributed by atoms with E-state index < -0.39 is 29.2 Å². The van der Waals surface area contributed by atoms with Crippen molar-refractivity contribution >= 4 is 0 Å². The van der Waals surface area contributed by atoms with Crippen molar-refractivity contribution in [3.8, 4) is 34.1 Å². The molecule has 0 N–H and O–H groups in total. The van der Waals surface area contributed by atoms with Gasteiger partial charge in [-0.25, -0.2) is 13.2 Å². The molecule has 4 aromatic rings. The average molecular weight is 523 g/mol. The van der Waals surface area contributed by atoms with Crippen molar-refractivity contribution in [2.24, 2.45) is 0 Å². The van der Waals surface area contributed by atoms with Gasteiger partial charge in [0.1, 0.15) is 17.5 Å². The topological polar surface area (TPSA) is 0 Å². The summed E-state index contributed by atoms with van der Waals surface area (Å²) in [4.78, 5) is 0. The van der Waals surface area contributed by atoms with Crippen molar-refractivity contribution in [3.05, 3.63) is 119 Å². The van der Waals surface area contributed by atoms with E-state index in [4.69, 9.17) is 0 Å². The summed E-state index contributed by atoms with van der Waals surface area (Å²) in [7, 11) is 0. The second kappa shape index (κ2) is 11.6. The highest BCUT2D eigenvalue weighted by Gasteiger charge is 2.24. The van der Waals surface area contributed by atoms with Crippen molar-refractivity contribution in [1.82, 2.24) is 0 Å². The second-order valence-corrected chi connectivity index (χ2v) is 9.02. The Morgan fingerprint density at radius 2 is 1.05 bits per heavy atom. The zero-order chi connectivity index (χ0) is 27.3. The van der Waals surface area contributed by atoms with Crippen LogP contribution in [-0.2, 0) is 19.3 Å². The Morgan fingerprint density at radius 1 is 0.579 bits per heavy atom. The standard InChI is InChI=1S/C32H24F6/c1-2-3-21-4-6-22(7-5-21)8-9-23-10-12-24(13-11-23)25-14-15-27(29(33)18-25)26-19-30(34)28(31(35)20-26)16-17-32(36,37)38/h4-7,10-15,18-20H,2-3,8-9H2,1H3. The van der Waals surface area contributed by atoms with Crippen LogP contribution in [0.15, 0.2) is 78.9 Å².